The van der Waals surface area contributed by atoms with Crippen molar-refractivity contribution in [3.63, 3.8) is 0 Å². The predicted molar refractivity (Wildman–Crippen MR) is 34.3 cm³/mol. The standard InChI is InChI=1S/C7H11O2/c1-3-6(2)4-5-7(8)9/h4-6H,3H2,1-2H3/b5-4+. The van der Waals surface area contributed by atoms with Gasteiger partial charge in [-0.2, -0.15) is 0 Å². The SMILES string of the molecule is CCC(C)/C=C/C([O])=O. The molecule has 0 heterocycles. The normalized spacial score (nSPS) is 14.0. The Balaban J connectivity index is 3.56. The summed E-state index contributed by atoms with van der Waals surface area (Å²) in [5.41, 5.74) is 0. The third-order valence-corrected chi connectivity index (χ3v) is 1.20. The zero-order valence-corrected chi connectivity index (χ0v) is 5.76. The Morgan fingerprint density at radius 1 is 1.67 bits per heavy atom. The largest absolute Gasteiger partial charge is 0.378 e. The van der Waals surface area contributed by atoms with Gasteiger partial charge in [-0.25, -0.2) is 9.90 Å². The molecule has 0 aliphatic heterocycles. The molecule has 1 unspecified atom stereocenters. The molecule has 0 saturated carbocycles. The molecule has 1 atom stereocenters. The van der Waals surface area contributed by atoms with Gasteiger partial charge >= 0.3 is 5.97 Å². The molecule has 9 heavy (non-hydrogen) atoms. The van der Waals surface area contributed by atoms with E-state index in [4.69, 9.17) is 0 Å². The molecular formula is C7H11O2. The van der Waals surface area contributed by atoms with Crippen molar-refractivity contribution in [1.29, 1.82) is 0 Å². The lowest BCUT2D eigenvalue weighted by Crippen LogP contribution is -1.89. The minimum Gasteiger partial charge on any atom is -0.242 e. The number of carbonyl (C=O) groups is 1. The van der Waals surface area contributed by atoms with E-state index in [9.17, 15) is 9.90 Å². The van der Waals surface area contributed by atoms with Crippen molar-refractivity contribution >= 4 is 5.97 Å². The van der Waals surface area contributed by atoms with Crippen LogP contribution < -0.4 is 0 Å². The Morgan fingerprint density at radius 3 is 2.56 bits per heavy atom. The van der Waals surface area contributed by atoms with Gasteiger partial charge in [0.1, 0.15) is 0 Å². The van der Waals surface area contributed by atoms with E-state index in [0.717, 1.165) is 12.5 Å². The first kappa shape index (κ1) is 8.21. The number of allylic oxidation sites excluding steroid dienone is 1. The van der Waals surface area contributed by atoms with Gasteiger partial charge in [-0.15, -0.1) is 0 Å². The van der Waals surface area contributed by atoms with Crippen LogP contribution in [-0.4, -0.2) is 5.97 Å². The van der Waals surface area contributed by atoms with E-state index in [1.54, 1.807) is 6.08 Å². The second-order valence-electron chi connectivity index (χ2n) is 2.06. The molecule has 51 valence electrons. The summed E-state index contributed by atoms with van der Waals surface area (Å²) in [6.07, 6.45) is 3.67. The molecule has 0 bridgehead atoms. The van der Waals surface area contributed by atoms with Crippen LogP contribution in [0, 0.1) is 5.92 Å². The lowest BCUT2D eigenvalue weighted by Gasteiger charge is -1.95. The maximum Gasteiger partial charge on any atom is 0.378 e. The first-order chi connectivity index (χ1) is 4.16. The van der Waals surface area contributed by atoms with E-state index in [1.165, 1.54) is 0 Å². The summed E-state index contributed by atoms with van der Waals surface area (Å²) in [7, 11) is 0. The lowest BCUT2D eigenvalue weighted by atomic mass is 10.1. The Hall–Kier alpha value is -0.790. The molecule has 0 rings (SSSR count). The van der Waals surface area contributed by atoms with Crippen LogP contribution in [0.3, 0.4) is 0 Å². The number of rotatable bonds is 3. The van der Waals surface area contributed by atoms with E-state index in [1.807, 2.05) is 13.8 Å². The smallest absolute Gasteiger partial charge is 0.242 e. The summed E-state index contributed by atoms with van der Waals surface area (Å²) >= 11 is 0. The highest BCUT2D eigenvalue weighted by Crippen LogP contribution is 2.00. The Kier molecular flexibility index (Phi) is 3.76. The summed E-state index contributed by atoms with van der Waals surface area (Å²) in [6, 6.07) is 0. The molecule has 0 fully saturated rings. The molecule has 0 aromatic carbocycles. The van der Waals surface area contributed by atoms with Crippen molar-refractivity contribution in [2.45, 2.75) is 20.3 Å². The fraction of sp³-hybridized carbons (Fsp3) is 0.571. The van der Waals surface area contributed by atoms with Crippen molar-refractivity contribution in [2.75, 3.05) is 0 Å². The fourth-order valence-corrected chi connectivity index (χ4v) is 0.379. The molecule has 0 aliphatic carbocycles. The van der Waals surface area contributed by atoms with E-state index >= 15 is 0 Å². The third-order valence-electron chi connectivity index (χ3n) is 1.20. The minimum absolute atomic E-state index is 0.336. The summed E-state index contributed by atoms with van der Waals surface area (Å²) in [6.45, 7) is 3.96. The number of hydrogen-bond acceptors (Lipinski definition) is 1. The molecular weight excluding hydrogens is 116 g/mol. The molecule has 0 aromatic heterocycles. The molecule has 0 spiro atoms. The second-order valence-corrected chi connectivity index (χ2v) is 2.06. The number of hydrogen-bond donors (Lipinski definition) is 0. The highest BCUT2D eigenvalue weighted by Gasteiger charge is 1.93. The quantitative estimate of drug-likeness (QED) is 0.530. The molecule has 0 aromatic rings. The van der Waals surface area contributed by atoms with E-state index < -0.39 is 5.97 Å². The van der Waals surface area contributed by atoms with Crippen molar-refractivity contribution < 1.29 is 9.90 Å². The summed E-state index contributed by atoms with van der Waals surface area (Å²) in [5.74, 6) is -0.779. The maximum atomic E-state index is 9.82. The van der Waals surface area contributed by atoms with Gasteiger partial charge in [0.05, 0.1) is 0 Å². The average Bonchev–Trinajstić information content (AvgIpc) is 1.83. The third kappa shape index (κ3) is 5.07. The van der Waals surface area contributed by atoms with Crippen LogP contribution in [0.1, 0.15) is 20.3 Å². The van der Waals surface area contributed by atoms with Crippen LogP contribution in [0.15, 0.2) is 12.2 Å². The highest BCUT2D eigenvalue weighted by atomic mass is 16.4. The summed E-state index contributed by atoms with van der Waals surface area (Å²) < 4.78 is 0. The first-order valence-corrected chi connectivity index (χ1v) is 3.06. The fourth-order valence-electron chi connectivity index (χ4n) is 0.379. The van der Waals surface area contributed by atoms with Gasteiger partial charge in [0.2, 0.25) is 0 Å². The molecule has 0 amide bonds. The van der Waals surface area contributed by atoms with Crippen LogP contribution in [0.25, 0.3) is 0 Å². The van der Waals surface area contributed by atoms with Gasteiger partial charge in [0.25, 0.3) is 0 Å². The molecule has 0 saturated heterocycles. The van der Waals surface area contributed by atoms with Gasteiger partial charge in [-0.1, -0.05) is 26.3 Å². The molecule has 1 radical (unpaired) electrons. The molecule has 2 heteroatoms. The molecule has 0 aliphatic rings. The zero-order valence-electron chi connectivity index (χ0n) is 5.76. The van der Waals surface area contributed by atoms with E-state index in [2.05, 4.69) is 0 Å². The average molecular weight is 127 g/mol. The maximum absolute atomic E-state index is 9.82. The van der Waals surface area contributed by atoms with Gasteiger partial charge in [-0.05, 0) is 5.92 Å². The van der Waals surface area contributed by atoms with Crippen molar-refractivity contribution in [2.24, 2.45) is 5.92 Å². The highest BCUT2D eigenvalue weighted by molar-refractivity contribution is 5.79. The van der Waals surface area contributed by atoms with Gasteiger partial charge in [0.15, 0.2) is 0 Å². The molecule has 0 N–H and O–H groups in total. The van der Waals surface area contributed by atoms with Gasteiger partial charge in [-0.3, -0.25) is 0 Å². The minimum atomic E-state index is -1.12. The van der Waals surface area contributed by atoms with E-state index in [-0.39, 0.29) is 0 Å². The number of carbonyl (C=O) groups excluding carboxylic acids is 1. The zero-order chi connectivity index (χ0) is 7.28. The van der Waals surface area contributed by atoms with Crippen LogP contribution in [0.5, 0.6) is 0 Å². The first-order valence-electron chi connectivity index (χ1n) is 3.06. The van der Waals surface area contributed by atoms with E-state index in [0.29, 0.717) is 5.92 Å². The van der Waals surface area contributed by atoms with Gasteiger partial charge < -0.3 is 0 Å². The Bertz CT molecular complexity index is 116. The van der Waals surface area contributed by atoms with Crippen molar-refractivity contribution in [3.8, 4) is 0 Å². The van der Waals surface area contributed by atoms with Crippen molar-refractivity contribution in [1.82, 2.24) is 0 Å². The van der Waals surface area contributed by atoms with Gasteiger partial charge in [0, 0.05) is 6.08 Å². The topological polar surface area (TPSA) is 37.0 Å². The summed E-state index contributed by atoms with van der Waals surface area (Å²) in [5, 5.41) is 9.82. The van der Waals surface area contributed by atoms with Crippen molar-refractivity contribution in [3.05, 3.63) is 12.2 Å². The Morgan fingerprint density at radius 2 is 2.22 bits per heavy atom. The Labute approximate surface area is 55.2 Å². The monoisotopic (exact) mass is 127 g/mol. The molecule has 2 nitrogen and oxygen atoms in total. The van der Waals surface area contributed by atoms with Crippen LogP contribution in [0.2, 0.25) is 0 Å². The van der Waals surface area contributed by atoms with Crippen LogP contribution in [0.4, 0.5) is 0 Å². The second kappa shape index (κ2) is 4.13. The lowest BCUT2D eigenvalue weighted by molar-refractivity contribution is -0.137. The predicted octanol–water partition coefficient (Wildman–Crippen LogP) is 1.55. The van der Waals surface area contributed by atoms with Crippen LogP contribution >= 0.6 is 0 Å². The summed E-state index contributed by atoms with van der Waals surface area (Å²) in [4.78, 5) is 9.82. The van der Waals surface area contributed by atoms with Crippen LogP contribution in [-0.2, 0) is 9.90 Å².